The normalized spacial score (nSPS) is 24.8. The minimum absolute atomic E-state index is 0.0646. The van der Waals surface area contributed by atoms with E-state index in [4.69, 9.17) is 4.18 Å². The zero-order valence-corrected chi connectivity index (χ0v) is 14.4. The van der Waals surface area contributed by atoms with Crippen LogP contribution in [0.4, 0.5) is 0 Å². The molecule has 0 amide bonds. The van der Waals surface area contributed by atoms with E-state index in [2.05, 4.69) is 0 Å². The molecule has 1 unspecified atom stereocenters. The van der Waals surface area contributed by atoms with Crippen LogP contribution in [0.2, 0.25) is 0 Å². The van der Waals surface area contributed by atoms with Crippen LogP contribution in [-0.4, -0.2) is 28.7 Å². The molecule has 0 aromatic heterocycles. The van der Waals surface area contributed by atoms with Crippen molar-refractivity contribution in [2.24, 2.45) is 0 Å². The van der Waals surface area contributed by atoms with E-state index in [0.29, 0.717) is 5.92 Å². The van der Waals surface area contributed by atoms with Crippen molar-refractivity contribution >= 4 is 20.0 Å². The Morgan fingerprint density at radius 3 is 2.22 bits per heavy atom. The second-order valence-corrected chi connectivity index (χ2v) is 9.65. The molecule has 2 aliphatic rings. The van der Waals surface area contributed by atoms with E-state index in [0.717, 1.165) is 23.8 Å². The number of hydrogen-bond donors (Lipinski definition) is 0. The smallest absolute Gasteiger partial charge is 0.258 e. The molecular formula is C16H20O5S2. The van der Waals surface area contributed by atoms with E-state index in [1.54, 1.807) is 12.1 Å². The largest absolute Gasteiger partial charge is 0.297 e. The average Bonchev–Trinajstić information content (AvgIpc) is 2.86. The Labute approximate surface area is 137 Å². The van der Waals surface area contributed by atoms with Crippen molar-refractivity contribution < 1.29 is 21.0 Å². The molecule has 1 saturated carbocycles. The van der Waals surface area contributed by atoms with Crippen LogP contribution in [-0.2, 0) is 24.1 Å². The summed E-state index contributed by atoms with van der Waals surface area (Å²) in [5, 5.41) is 0.999. The third kappa shape index (κ3) is 4.02. The molecule has 5 nitrogen and oxygen atoms in total. The van der Waals surface area contributed by atoms with Crippen molar-refractivity contribution in [2.45, 2.75) is 49.0 Å². The van der Waals surface area contributed by atoms with Gasteiger partial charge in [-0.2, -0.15) is 8.42 Å². The summed E-state index contributed by atoms with van der Waals surface area (Å²) in [5.41, 5.74) is 1.16. The van der Waals surface area contributed by atoms with Crippen molar-refractivity contribution in [3.05, 3.63) is 41.3 Å². The summed E-state index contributed by atoms with van der Waals surface area (Å²) in [7, 11) is -7.30. The van der Waals surface area contributed by atoms with Gasteiger partial charge in [-0.3, -0.25) is 4.18 Å². The summed E-state index contributed by atoms with van der Waals surface area (Å²) in [6.45, 7) is 0. The highest BCUT2D eigenvalue weighted by atomic mass is 32.2. The molecule has 0 saturated heterocycles. The van der Waals surface area contributed by atoms with E-state index in [1.165, 1.54) is 25.3 Å². The van der Waals surface area contributed by atoms with Gasteiger partial charge in [0.1, 0.15) is 6.10 Å². The molecule has 1 aromatic rings. The predicted molar refractivity (Wildman–Crippen MR) is 87.3 cm³/mol. The maximum absolute atomic E-state index is 12.2. The van der Waals surface area contributed by atoms with Gasteiger partial charge in [0.05, 0.1) is 10.6 Å². The van der Waals surface area contributed by atoms with Crippen molar-refractivity contribution in [1.29, 1.82) is 0 Å². The Kier molecular flexibility index (Phi) is 4.62. The first-order valence-electron chi connectivity index (χ1n) is 7.80. The van der Waals surface area contributed by atoms with E-state index < -0.39 is 26.1 Å². The average molecular weight is 356 g/mol. The standard InChI is InChI=1S/C16H20O5S2/c17-22(18)11-10-15(12-22)21-23(19,20)16-8-6-14(7-9-16)13-4-2-1-3-5-13/h6-11,13,15H,1-5,12H2. The lowest BCUT2D eigenvalue weighted by molar-refractivity contribution is 0.279. The number of hydrogen-bond acceptors (Lipinski definition) is 5. The first kappa shape index (κ1) is 16.7. The predicted octanol–water partition coefficient (Wildman–Crippen LogP) is 2.75. The van der Waals surface area contributed by atoms with Gasteiger partial charge in [-0.1, -0.05) is 31.4 Å². The van der Waals surface area contributed by atoms with Gasteiger partial charge in [-0.05, 0) is 42.5 Å². The SMILES string of the molecule is O=S1(=O)C=CC(OS(=O)(=O)c2ccc(C3CCCCC3)cc2)C1. The van der Waals surface area contributed by atoms with E-state index in [9.17, 15) is 16.8 Å². The summed E-state index contributed by atoms with van der Waals surface area (Å²) in [6, 6.07) is 6.78. The van der Waals surface area contributed by atoms with Crippen LogP contribution in [0.25, 0.3) is 0 Å². The molecule has 0 spiro atoms. The van der Waals surface area contributed by atoms with Crippen LogP contribution in [0.3, 0.4) is 0 Å². The van der Waals surface area contributed by atoms with Gasteiger partial charge in [0.15, 0.2) is 9.84 Å². The molecule has 1 atom stereocenters. The third-order valence-electron chi connectivity index (χ3n) is 4.39. The van der Waals surface area contributed by atoms with Crippen molar-refractivity contribution in [3.63, 3.8) is 0 Å². The van der Waals surface area contributed by atoms with Gasteiger partial charge in [0, 0.05) is 5.41 Å². The molecular weight excluding hydrogens is 336 g/mol. The highest BCUT2D eigenvalue weighted by Crippen LogP contribution is 2.33. The maximum atomic E-state index is 12.2. The molecule has 23 heavy (non-hydrogen) atoms. The second-order valence-electron chi connectivity index (χ2n) is 6.15. The number of sulfone groups is 1. The fourth-order valence-electron chi connectivity index (χ4n) is 3.17. The van der Waals surface area contributed by atoms with Crippen LogP contribution in [0.5, 0.6) is 0 Å². The summed E-state index contributed by atoms with van der Waals surface area (Å²) < 4.78 is 52.1. The lowest BCUT2D eigenvalue weighted by Crippen LogP contribution is -2.20. The van der Waals surface area contributed by atoms with Crippen molar-refractivity contribution in [3.8, 4) is 0 Å². The van der Waals surface area contributed by atoms with E-state index in [-0.39, 0.29) is 10.6 Å². The highest BCUT2D eigenvalue weighted by molar-refractivity contribution is 7.94. The lowest BCUT2D eigenvalue weighted by Gasteiger charge is -2.22. The summed E-state index contributed by atoms with van der Waals surface area (Å²) in [6.07, 6.45) is 6.33. The lowest BCUT2D eigenvalue weighted by atomic mass is 9.84. The Morgan fingerprint density at radius 1 is 1.00 bits per heavy atom. The van der Waals surface area contributed by atoms with E-state index >= 15 is 0 Å². The molecule has 1 heterocycles. The summed E-state index contributed by atoms with van der Waals surface area (Å²) in [5.74, 6) is 0.177. The molecule has 1 aliphatic carbocycles. The minimum Gasteiger partial charge on any atom is -0.258 e. The van der Waals surface area contributed by atoms with Crippen LogP contribution in [0.1, 0.15) is 43.6 Å². The molecule has 7 heteroatoms. The third-order valence-corrected chi connectivity index (χ3v) is 7.11. The minimum atomic E-state index is -3.96. The second kappa shape index (κ2) is 6.37. The number of rotatable bonds is 4. The van der Waals surface area contributed by atoms with Gasteiger partial charge >= 0.3 is 0 Å². The molecule has 1 fully saturated rings. The summed E-state index contributed by atoms with van der Waals surface area (Å²) >= 11 is 0. The molecule has 1 aromatic carbocycles. The highest BCUT2D eigenvalue weighted by Gasteiger charge is 2.28. The Hall–Kier alpha value is -1.18. The molecule has 126 valence electrons. The van der Waals surface area contributed by atoms with Gasteiger partial charge in [0.2, 0.25) is 0 Å². The number of benzene rings is 1. The molecule has 3 rings (SSSR count). The Bertz CT molecular complexity index is 785. The first-order chi connectivity index (χ1) is 10.9. The van der Waals surface area contributed by atoms with Crippen LogP contribution < -0.4 is 0 Å². The molecule has 0 bridgehead atoms. The quantitative estimate of drug-likeness (QED) is 0.775. The van der Waals surface area contributed by atoms with Crippen LogP contribution >= 0.6 is 0 Å². The Morgan fingerprint density at radius 2 is 1.65 bits per heavy atom. The van der Waals surface area contributed by atoms with Crippen molar-refractivity contribution in [1.82, 2.24) is 0 Å². The topological polar surface area (TPSA) is 77.5 Å². The maximum Gasteiger partial charge on any atom is 0.297 e. The fraction of sp³-hybridized carbons (Fsp3) is 0.500. The zero-order valence-electron chi connectivity index (χ0n) is 12.7. The Balaban J connectivity index is 1.71. The van der Waals surface area contributed by atoms with Gasteiger partial charge in [-0.15, -0.1) is 0 Å². The van der Waals surface area contributed by atoms with Gasteiger partial charge in [0.25, 0.3) is 10.1 Å². The molecule has 0 N–H and O–H groups in total. The summed E-state index contributed by atoms with van der Waals surface area (Å²) in [4.78, 5) is 0.0646. The monoisotopic (exact) mass is 356 g/mol. The van der Waals surface area contributed by atoms with Crippen LogP contribution in [0.15, 0.2) is 40.6 Å². The van der Waals surface area contributed by atoms with E-state index in [1.807, 2.05) is 12.1 Å². The first-order valence-corrected chi connectivity index (χ1v) is 10.9. The molecule has 1 aliphatic heterocycles. The van der Waals surface area contributed by atoms with Gasteiger partial charge in [-0.25, -0.2) is 8.42 Å². The fourth-order valence-corrected chi connectivity index (χ4v) is 5.46. The van der Waals surface area contributed by atoms with Gasteiger partial charge < -0.3 is 0 Å². The van der Waals surface area contributed by atoms with Crippen LogP contribution in [0, 0.1) is 0 Å². The van der Waals surface area contributed by atoms with Crippen molar-refractivity contribution in [2.75, 3.05) is 5.75 Å². The molecule has 0 radical (unpaired) electrons. The zero-order chi connectivity index (χ0) is 16.5.